The lowest BCUT2D eigenvalue weighted by molar-refractivity contribution is -0.0582. The molecule has 34 heavy (non-hydrogen) atoms. The molecule has 0 radical (unpaired) electrons. The van der Waals surface area contributed by atoms with E-state index in [1.807, 2.05) is 0 Å². The molecule has 2 heterocycles. The Kier molecular flexibility index (Phi) is 6.71. The number of carbonyl (C=O) groups is 2. The number of H-pyrrole nitrogens is 1. The van der Waals surface area contributed by atoms with E-state index in [0.29, 0.717) is 11.1 Å². The number of hydrogen-bond donors (Lipinski definition) is 1. The van der Waals surface area contributed by atoms with E-state index in [1.54, 1.807) is 60.7 Å². The van der Waals surface area contributed by atoms with Crippen LogP contribution in [-0.2, 0) is 14.2 Å². The van der Waals surface area contributed by atoms with Gasteiger partial charge >= 0.3 is 17.6 Å². The van der Waals surface area contributed by atoms with Crippen LogP contribution >= 0.6 is 0 Å². The van der Waals surface area contributed by atoms with Crippen molar-refractivity contribution >= 4 is 11.9 Å². The first-order valence-corrected chi connectivity index (χ1v) is 10.4. The van der Waals surface area contributed by atoms with Gasteiger partial charge in [-0.15, -0.1) is 6.42 Å². The van der Waals surface area contributed by atoms with Crippen molar-refractivity contribution in [2.75, 3.05) is 6.61 Å². The lowest BCUT2D eigenvalue weighted by Gasteiger charge is -2.19. The van der Waals surface area contributed by atoms with Crippen molar-refractivity contribution in [1.29, 1.82) is 0 Å². The van der Waals surface area contributed by atoms with Gasteiger partial charge in [0.05, 0.1) is 11.1 Å². The molecule has 0 unspecified atom stereocenters. The average molecular weight is 460 g/mol. The maximum atomic E-state index is 12.6. The minimum Gasteiger partial charge on any atom is -0.459 e. The number of rotatable bonds is 6. The number of aromatic amines is 1. The van der Waals surface area contributed by atoms with E-state index in [4.69, 9.17) is 20.6 Å². The molecular formula is C25H20N2O7. The summed E-state index contributed by atoms with van der Waals surface area (Å²) in [6.07, 6.45) is 4.00. The van der Waals surface area contributed by atoms with Crippen LogP contribution in [0.25, 0.3) is 0 Å². The van der Waals surface area contributed by atoms with Crippen molar-refractivity contribution in [3.05, 3.63) is 104 Å². The molecule has 2 aromatic carbocycles. The summed E-state index contributed by atoms with van der Waals surface area (Å²) < 4.78 is 18.1. The summed E-state index contributed by atoms with van der Waals surface area (Å²) in [6.45, 7) is -0.225. The Morgan fingerprint density at radius 2 is 1.65 bits per heavy atom. The third kappa shape index (κ3) is 4.98. The second-order valence-corrected chi connectivity index (χ2v) is 7.49. The standard InChI is InChI=1S/C25H20N2O7/c1-2-16-14-27(25(31)26-22(16)28)21-13-19(34-24(30)18-11-7-4-8-12-18)20(33-21)15-32-23(29)17-9-5-3-6-10-17/h1,3-12,14,19-21H,13,15H2,(H,26,28,31)/t19-,20+,21+/m0/s1. The van der Waals surface area contributed by atoms with Crippen LogP contribution in [0.3, 0.4) is 0 Å². The molecule has 1 aromatic heterocycles. The Labute approximate surface area is 193 Å². The van der Waals surface area contributed by atoms with Crippen molar-refractivity contribution in [2.24, 2.45) is 0 Å². The van der Waals surface area contributed by atoms with Crippen LogP contribution in [0, 0.1) is 12.3 Å². The molecule has 9 heteroatoms. The highest BCUT2D eigenvalue weighted by molar-refractivity contribution is 5.90. The number of esters is 2. The first-order valence-electron chi connectivity index (χ1n) is 10.4. The zero-order valence-corrected chi connectivity index (χ0v) is 17.9. The fourth-order valence-corrected chi connectivity index (χ4v) is 3.54. The van der Waals surface area contributed by atoms with Crippen LogP contribution in [0.15, 0.2) is 76.4 Å². The number of benzene rings is 2. The summed E-state index contributed by atoms with van der Waals surface area (Å²) >= 11 is 0. The van der Waals surface area contributed by atoms with Gasteiger partial charge in [0, 0.05) is 12.6 Å². The van der Waals surface area contributed by atoms with Crippen LogP contribution in [0.2, 0.25) is 0 Å². The number of nitrogens with zero attached hydrogens (tertiary/aromatic N) is 1. The average Bonchev–Trinajstić information content (AvgIpc) is 3.25. The van der Waals surface area contributed by atoms with Gasteiger partial charge in [-0.25, -0.2) is 14.4 Å². The number of carbonyl (C=O) groups excluding carboxylic acids is 2. The Morgan fingerprint density at radius 3 is 2.26 bits per heavy atom. The number of nitrogens with one attached hydrogen (secondary N) is 1. The van der Waals surface area contributed by atoms with Crippen molar-refractivity contribution in [3.8, 4) is 12.3 Å². The van der Waals surface area contributed by atoms with Crippen LogP contribution in [-0.4, -0.2) is 40.3 Å². The van der Waals surface area contributed by atoms with Gasteiger partial charge < -0.3 is 14.2 Å². The molecule has 0 bridgehead atoms. The molecule has 1 N–H and O–H groups in total. The minimum absolute atomic E-state index is 0.0556. The Hall–Kier alpha value is -4.42. The van der Waals surface area contributed by atoms with Gasteiger partial charge in [0.15, 0.2) is 0 Å². The first kappa shape index (κ1) is 22.8. The second kappa shape index (κ2) is 10.0. The number of aromatic nitrogens is 2. The summed E-state index contributed by atoms with van der Waals surface area (Å²) in [7, 11) is 0. The number of terminal acetylenes is 1. The van der Waals surface area contributed by atoms with Gasteiger partial charge in [0.2, 0.25) is 0 Å². The predicted octanol–water partition coefficient (Wildman–Crippen LogP) is 1.89. The van der Waals surface area contributed by atoms with E-state index < -0.39 is 41.6 Å². The maximum Gasteiger partial charge on any atom is 0.338 e. The zero-order valence-electron chi connectivity index (χ0n) is 17.9. The smallest absolute Gasteiger partial charge is 0.338 e. The molecule has 1 aliphatic rings. The summed E-state index contributed by atoms with van der Waals surface area (Å²) in [5.74, 6) is 1.04. The largest absolute Gasteiger partial charge is 0.459 e. The van der Waals surface area contributed by atoms with E-state index >= 15 is 0 Å². The highest BCUT2D eigenvalue weighted by Crippen LogP contribution is 2.31. The van der Waals surface area contributed by atoms with Crippen LogP contribution < -0.4 is 11.2 Å². The Bertz CT molecular complexity index is 1340. The van der Waals surface area contributed by atoms with Gasteiger partial charge in [-0.05, 0) is 24.3 Å². The van der Waals surface area contributed by atoms with Crippen LogP contribution in [0.1, 0.15) is 38.9 Å². The fraction of sp³-hybridized carbons (Fsp3) is 0.200. The third-order valence-electron chi connectivity index (χ3n) is 5.27. The molecule has 1 saturated heterocycles. The second-order valence-electron chi connectivity index (χ2n) is 7.49. The lowest BCUT2D eigenvalue weighted by Crippen LogP contribution is -2.34. The molecule has 1 aliphatic heterocycles. The van der Waals surface area contributed by atoms with Gasteiger partial charge in [-0.1, -0.05) is 42.3 Å². The van der Waals surface area contributed by atoms with Crippen LogP contribution in [0.4, 0.5) is 0 Å². The SMILES string of the molecule is C#Cc1cn([C@H]2C[C@H](OC(=O)c3ccccc3)[C@@H](COC(=O)c3ccccc3)O2)c(=O)[nH]c1=O. The van der Waals surface area contributed by atoms with Gasteiger partial charge in [-0.2, -0.15) is 0 Å². The van der Waals surface area contributed by atoms with E-state index in [-0.39, 0.29) is 18.6 Å². The highest BCUT2D eigenvalue weighted by Gasteiger charge is 2.40. The third-order valence-corrected chi connectivity index (χ3v) is 5.27. The molecule has 172 valence electrons. The van der Waals surface area contributed by atoms with E-state index in [9.17, 15) is 19.2 Å². The maximum absolute atomic E-state index is 12.6. The normalized spacial score (nSPS) is 19.2. The number of hydrogen-bond acceptors (Lipinski definition) is 7. The topological polar surface area (TPSA) is 117 Å². The minimum atomic E-state index is -0.912. The molecule has 0 amide bonds. The lowest BCUT2D eigenvalue weighted by atomic mass is 10.1. The van der Waals surface area contributed by atoms with Gasteiger partial charge in [-0.3, -0.25) is 14.3 Å². The summed E-state index contributed by atoms with van der Waals surface area (Å²) in [6, 6.07) is 16.8. The molecule has 9 nitrogen and oxygen atoms in total. The molecule has 0 saturated carbocycles. The monoisotopic (exact) mass is 460 g/mol. The number of ether oxygens (including phenoxy) is 3. The van der Waals surface area contributed by atoms with E-state index in [1.165, 1.54) is 6.20 Å². The van der Waals surface area contributed by atoms with Crippen molar-refractivity contribution in [3.63, 3.8) is 0 Å². The quantitative estimate of drug-likeness (QED) is 0.441. The summed E-state index contributed by atoms with van der Waals surface area (Å²) in [4.78, 5) is 51.3. The van der Waals surface area contributed by atoms with Crippen molar-refractivity contribution in [1.82, 2.24) is 9.55 Å². The highest BCUT2D eigenvalue weighted by atomic mass is 16.6. The predicted molar refractivity (Wildman–Crippen MR) is 120 cm³/mol. The molecule has 0 spiro atoms. The zero-order chi connectivity index (χ0) is 24.1. The van der Waals surface area contributed by atoms with Gasteiger partial charge in [0.1, 0.15) is 30.6 Å². The molecule has 3 aromatic rings. The van der Waals surface area contributed by atoms with Crippen molar-refractivity contribution < 1.29 is 23.8 Å². The van der Waals surface area contributed by atoms with E-state index in [0.717, 1.165) is 4.57 Å². The van der Waals surface area contributed by atoms with Crippen LogP contribution in [0.5, 0.6) is 0 Å². The molecule has 4 rings (SSSR count). The molecule has 0 aliphatic carbocycles. The Balaban J connectivity index is 1.55. The van der Waals surface area contributed by atoms with Gasteiger partial charge in [0.25, 0.3) is 5.56 Å². The Morgan fingerprint density at radius 1 is 1.03 bits per heavy atom. The molecule has 3 atom stereocenters. The fourth-order valence-electron chi connectivity index (χ4n) is 3.54. The molecule has 1 fully saturated rings. The summed E-state index contributed by atoms with van der Waals surface area (Å²) in [5, 5.41) is 0. The van der Waals surface area contributed by atoms with E-state index in [2.05, 4.69) is 10.9 Å². The first-order chi connectivity index (χ1) is 16.5. The molecular weight excluding hydrogens is 440 g/mol. The van der Waals surface area contributed by atoms with Crippen molar-refractivity contribution in [2.45, 2.75) is 24.9 Å². The summed E-state index contributed by atoms with van der Waals surface area (Å²) in [5.41, 5.74) is -0.793.